The molecular formula is C13H15F2NO4S. The smallest absolute Gasteiger partial charge is 0.252 e. The molecule has 0 fully saturated rings. The van der Waals surface area contributed by atoms with Gasteiger partial charge in [-0.3, -0.25) is 0 Å². The molecule has 0 aromatic heterocycles. The summed E-state index contributed by atoms with van der Waals surface area (Å²) in [5, 5.41) is 17.4. The predicted molar refractivity (Wildman–Crippen MR) is 72.3 cm³/mol. The van der Waals surface area contributed by atoms with Crippen LogP contribution in [0.15, 0.2) is 29.2 Å². The molecule has 0 radical (unpaired) electrons. The first kappa shape index (κ1) is 17.5. The highest BCUT2D eigenvalue weighted by Gasteiger charge is 2.26. The molecular weight excluding hydrogens is 304 g/mol. The number of nitrogens with zero attached hydrogens (tertiary/aromatic N) is 1. The number of aliphatic hydroxyl groups excluding tert-OH is 2. The standard InChI is InChI=1S/C13H15F2NO4S/c14-13(15)10-16(7-9-18)21(19,20)12-5-3-11(4-6-12)2-1-8-17/h3-6,13,17-18H,7-10H2. The van der Waals surface area contributed by atoms with Gasteiger partial charge < -0.3 is 10.2 Å². The fraction of sp³-hybridized carbons (Fsp3) is 0.385. The van der Waals surface area contributed by atoms with Gasteiger partial charge in [0.05, 0.1) is 18.0 Å². The van der Waals surface area contributed by atoms with E-state index in [0.29, 0.717) is 9.87 Å². The topological polar surface area (TPSA) is 77.8 Å². The summed E-state index contributed by atoms with van der Waals surface area (Å²) in [6.07, 6.45) is -2.83. The first-order chi connectivity index (χ1) is 9.91. The number of alkyl halides is 2. The summed E-state index contributed by atoms with van der Waals surface area (Å²) in [6.45, 7) is -2.25. The molecule has 0 aliphatic rings. The summed E-state index contributed by atoms with van der Waals surface area (Å²) in [7, 11) is -4.10. The molecule has 0 aliphatic carbocycles. The zero-order chi connectivity index (χ0) is 15.9. The van der Waals surface area contributed by atoms with Gasteiger partial charge >= 0.3 is 0 Å². The molecule has 1 rings (SSSR count). The van der Waals surface area contributed by atoms with E-state index in [2.05, 4.69) is 11.8 Å². The van der Waals surface area contributed by atoms with E-state index in [1.807, 2.05) is 0 Å². The summed E-state index contributed by atoms with van der Waals surface area (Å²) in [6, 6.07) is 5.31. The second-order valence-corrected chi connectivity index (χ2v) is 5.90. The molecule has 1 aromatic carbocycles. The molecule has 0 amide bonds. The summed E-state index contributed by atoms with van der Waals surface area (Å²) in [4.78, 5) is -0.161. The Morgan fingerprint density at radius 1 is 1.19 bits per heavy atom. The Labute approximate surface area is 121 Å². The van der Waals surface area contributed by atoms with Crippen LogP contribution in [0.25, 0.3) is 0 Å². The van der Waals surface area contributed by atoms with E-state index in [1.54, 1.807) is 0 Å². The van der Waals surface area contributed by atoms with Crippen molar-refractivity contribution in [3.05, 3.63) is 29.8 Å². The van der Waals surface area contributed by atoms with Crippen LogP contribution in [0.3, 0.4) is 0 Å². The van der Waals surface area contributed by atoms with Crippen LogP contribution in [0.1, 0.15) is 5.56 Å². The molecule has 1 aromatic rings. The monoisotopic (exact) mass is 319 g/mol. The van der Waals surface area contributed by atoms with Crippen molar-refractivity contribution >= 4 is 10.0 Å². The van der Waals surface area contributed by atoms with Crippen molar-refractivity contribution in [2.75, 3.05) is 26.3 Å². The summed E-state index contributed by atoms with van der Waals surface area (Å²) < 4.78 is 49.8. The third-order valence-corrected chi connectivity index (χ3v) is 4.37. The van der Waals surface area contributed by atoms with E-state index in [-0.39, 0.29) is 11.5 Å². The highest BCUT2D eigenvalue weighted by molar-refractivity contribution is 7.89. The van der Waals surface area contributed by atoms with E-state index in [4.69, 9.17) is 10.2 Å². The first-order valence-electron chi connectivity index (χ1n) is 6.00. The lowest BCUT2D eigenvalue weighted by Crippen LogP contribution is -2.37. The van der Waals surface area contributed by atoms with Gasteiger partial charge in [-0.25, -0.2) is 17.2 Å². The van der Waals surface area contributed by atoms with Gasteiger partial charge in [-0.05, 0) is 24.3 Å². The van der Waals surface area contributed by atoms with Crippen LogP contribution in [0, 0.1) is 11.8 Å². The Kier molecular flexibility index (Phi) is 6.71. The normalized spacial score (nSPS) is 11.5. The van der Waals surface area contributed by atoms with E-state index in [0.717, 1.165) is 0 Å². The fourth-order valence-electron chi connectivity index (χ4n) is 1.58. The number of halogens is 2. The third kappa shape index (κ3) is 5.06. The second kappa shape index (κ2) is 8.05. The molecule has 5 nitrogen and oxygen atoms in total. The summed E-state index contributed by atoms with van der Waals surface area (Å²) >= 11 is 0. The van der Waals surface area contributed by atoms with Crippen LogP contribution in [-0.2, 0) is 10.0 Å². The maximum atomic E-state index is 12.4. The molecule has 0 aliphatic heterocycles. The van der Waals surface area contributed by atoms with Gasteiger partial charge in [0.1, 0.15) is 6.61 Å². The predicted octanol–water partition coefficient (Wildman–Crippen LogP) is 0.279. The van der Waals surface area contributed by atoms with E-state index in [1.165, 1.54) is 24.3 Å². The van der Waals surface area contributed by atoms with Crippen molar-refractivity contribution in [1.29, 1.82) is 0 Å². The number of sulfonamides is 1. The maximum Gasteiger partial charge on any atom is 0.252 e. The minimum absolute atomic E-state index is 0.161. The lowest BCUT2D eigenvalue weighted by molar-refractivity contribution is 0.113. The lowest BCUT2D eigenvalue weighted by atomic mass is 10.2. The Bertz CT molecular complexity index is 605. The van der Waals surface area contributed by atoms with Crippen molar-refractivity contribution < 1.29 is 27.4 Å². The lowest BCUT2D eigenvalue weighted by Gasteiger charge is -2.20. The fourth-order valence-corrected chi connectivity index (χ4v) is 2.99. The molecule has 8 heteroatoms. The van der Waals surface area contributed by atoms with Crippen molar-refractivity contribution in [3.8, 4) is 11.8 Å². The molecule has 0 heterocycles. The molecule has 21 heavy (non-hydrogen) atoms. The summed E-state index contributed by atoms with van der Waals surface area (Å²) in [5.74, 6) is 5.00. The van der Waals surface area contributed by atoms with Crippen LogP contribution in [0.2, 0.25) is 0 Å². The van der Waals surface area contributed by atoms with Gasteiger partial charge in [-0.1, -0.05) is 11.8 Å². The molecule has 0 bridgehead atoms. The molecule has 0 spiro atoms. The van der Waals surface area contributed by atoms with Crippen molar-refractivity contribution in [2.45, 2.75) is 11.3 Å². The molecule has 0 atom stereocenters. The van der Waals surface area contributed by atoms with E-state index in [9.17, 15) is 17.2 Å². The molecule has 0 saturated heterocycles. The van der Waals surface area contributed by atoms with Crippen LogP contribution >= 0.6 is 0 Å². The average Bonchev–Trinajstić information content (AvgIpc) is 2.44. The molecule has 116 valence electrons. The Morgan fingerprint density at radius 2 is 1.81 bits per heavy atom. The number of aliphatic hydroxyl groups is 2. The Hall–Kier alpha value is -1.53. The largest absolute Gasteiger partial charge is 0.395 e. The van der Waals surface area contributed by atoms with E-state index >= 15 is 0 Å². The van der Waals surface area contributed by atoms with Crippen molar-refractivity contribution in [1.82, 2.24) is 4.31 Å². The van der Waals surface area contributed by atoms with Gasteiger partial charge in [0, 0.05) is 12.1 Å². The minimum Gasteiger partial charge on any atom is -0.395 e. The van der Waals surface area contributed by atoms with E-state index < -0.39 is 36.1 Å². The summed E-state index contributed by atoms with van der Waals surface area (Å²) in [5.41, 5.74) is 0.491. The van der Waals surface area contributed by atoms with Crippen LogP contribution < -0.4 is 0 Å². The van der Waals surface area contributed by atoms with Crippen molar-refractivity contribution in [3.63, 3.8) is 0 Å². The number of hydrogen-bond acceptors (Lipinski definition) is 4. The molecule has 0 unspecified atom stereocenters. The zero-order valence-corrected chi connectivity index (χ0v) is 11.9. The first-order valence-corrected chi connectivity index (χ1v) is 7.44. The highest BCUT2D eigenvalue weighted by Crippen LogP contribution is 2.17. The third-order valence-electron chi connectivity index (χ3n) is 2.49. The minimum atomic E-state index is -4.10. The number of benzene rings is 1. The SMILES string of the molecule is O=S(=O)(c1ccc(C#CCO)cc1)N(CCO)CC(F)F. The quantitative estimate of drug-likeness (QED) is 0.738. The van der Waals surface area contributed by atoms with Gasteiger partial charge in [-0.2, -0.15) is 4.31 Å². The van der Waals surface area contributed by atoms with Crippen molar-refractivity contribution in [2.24, 2.45) is 0 Å². The van der Waals surface area contributed by atoms with Gasteiger partial charge in [0.2, 0.25) is 10.0 Å². The van der Waals surface area contributed by atoms with Gasteiger partial charge in [0.15, 0.2) is 0 Å². The highest BCUT2D eigenvalue weighted by atomic mass is 32.2. The van der Waals surface area contributed by atoms with Gasteiger partial charge in [-0.15, -0.1) is 0 Å². The average molecular weight is 319 g/mol. The van der Waals surface area contributed by atoms with Crippen LogP contribution in [-0.4, -0.2) is 55.7 Å². The van der Waals surface area contributed by atoms with Gasteiger partial charge in [0.25, 0.3) is 6.43 Å². The Balaban J connectivity index is 3.04. The molecule has 2 N–H and O–H groups in total. The zero-order valence-electron chi connectivity index (χ0n) is 11.0. The maximum absolute atomic E-state index is 12.4. The number of rotatable bonds is 6. The molecule has 0 saturated carbocycles. The second-order valence-electron chi connectivity index (χ2n) is 3.96. The Morgan fingerprint density at radius 3 is 2.29 bits per heavy atom. The van der Waals surface area contributed by atoms with Crippen LogP contribution in [0.5, 0.6) is 0 Å². The van der Waals surface area contributed by atoms with Crippen LogP contribution in [0.4, 0.5) is 8.78 Å². The number of hydrogen-bond donors (Lipinski definition) is 2.